The SMILES string of the molecule is COC(=O)c1nnc(Cl)cc1Cl.COC(=O)c1nnc(Cl)cc1NCc1ccc(Cl)cc1Cl.NCc1ccc(Cl)cc1Cl. The van der Waals surface area contributed by atoms with Gasteiger partial charge in [0.1, 0.15) is 0 Å². The molecule has 0 saturated heterocycles. The lowest BCUT2D eigenvalue weighted by Gasteiger charge is -2.11. The lowest BCUT2D eigenvalue weighted by Crippen LogP contribution is -2.11. The van der Waals surface area contributed by atoms with Crippen molar-refractivity contribution in [1.82, 2.24) is 20.4 Å². The lowest BCUT2D eigenvalue weighted by molar-refractivity contribution is 0.0584. The van der Waals surface area contributed by atoms with Crippen molar-refractivity contribution in [3.8, 4) is 0 Å². The van der Waals surface area contributed by atoms with E-state index >= 15 is 0 Å². The fraction of sp³-hybridized carbons (Fsp3) is 0.154. The van der Waals surface area contributed by atoms with Gasteiger partial charge in [-0.2, -0.15) is 0 Å². The molecule has 0 aliphatic rings. The Labute approximate surface area is 281 Å². The molecule has 228 valence electrons. The smallest absolute Gasteiger partial charge is 0.360 e. The Balaban J connectivity index is 0.000000248. The van der Waals surface area contributed by atoms with Gasteiger partial charge in [-0.25, -0.2) is 9.59 Å². The van der Waals surface area contributed by atoms with Gasteiger partial charge in [0, 0.05) is 39.2 Å². The zero-order valence-electron chi connectivity index (χ0n) is 22.2. The molecule has 43 heavy (non-hydrogen) atoms. The van der Waals surface area contributed by atoms with Gasteiger partial charge in [-0.1, -0.05) is 93.3 Å². The van der Waals surface area contributed by atoms with Crippen LogP contribution in [0.3, 0.4) is 0 Å². The number of nitrogens with one attached hydrogen (secondary N) is 1. The van der Waals surface area contributed by atoms with Crippen molar-refractivity contribution in [2.75, 3.05) is 19.5 Å². The molecule has 3 N–H and O–H groups in total. The molecule has 2 aromatic heterocycles. The zero-order valence-corrected chi connectivity index (χ0v) is 27.5. The van der Waals surface area contributed by atoms with Crippen LogP contribution in [0, 0.1) is 0 Å². The Morgan fingerprint density at radius 2 is 1.16 bits per heavy atom. The third-order valence-corrected chi connectivity index (χ3v) is 6.79. The van der Waals surface area contributed by atoms with Crippen LogP contribution in [0.25, 0.3) is 0 Å². The summed E-state index contributed by atoms with van der Waals surface area (Å²) >= 11 is 40.2. The molecule has 10 nitrogen and oxygen atoms in total. The molecule has 2 heterocycles. The summed E-state index contributed by atoms with van der Waals surface area (Å²) in [7, 11) is 2.49. The number of hydrogen-bond donors (Lipinski definition) is 2. The molecule has 0 amide bonds. The molecule has 17 heteroatoms. The average molecular weight is 730 g/mol. The predicted molar refractivity (Wildman–Crippen MR) is 170 cm³/mol. The Bertz CT molecular complexity index is 1580. The fourth-order valence-corrected chi connectivity index (χ4v) is 4.40. The Morgan fingerprint density at radius 3 is 1.65 bits per heavy atom. The van der Waals surface area contributed by atoms with E-state index in [2.05, 4.69) is 35.2 Å². The largest absolute Gasteiger partial charge is 0.464 e. The molecule has 0 bridgehead atoms. The number of carbonyl (C=O) groups is 2. The number of halogens is 7. The predicted octanol–water partition coefficient (Wildman–Crippen LogP) is 7.86. The first kappa shape index (κ1) is 36.5. The molecular weight excluding hydrogens is 708 g/mol. The standard InChI is InChI=1S/C13H10Cl3N3O2.C7H7Cl2N.C6H4Cl2N2O2/c1-21-13(20)12-10(5-11(16)18-19-12)17-6-7-2-3-8(14)4-9(7)15;8-6-2-1-5(4-10)7(9)3-6;1-12-6(11)5-3(7)2-4(8)9-10-5/h2-5H,6H2,1H3,(H,17,18);1-3H,4,10H2;2H,1H3. The summed E-state index contributed by atoms with van der Waals surface area (Å²) in [6.07, 6.45) is 0. The van der Waals surface area contributed by atoms with Gasteiger partial charge in [-0.3, -0.25) is 0 Å². The minimum atomic E-state index is -0.635. The number of anilines is 1. The molecule has 0 aliphatic heterocycles. The van der Waals surface area contributed by atoms with Crippen molar-refractivity contribution in [2.45, 2.75) is 13.1 Å². The van der Waals surface area contributed by atoms with Gasteiger partial charge in [0.05, 0.1) is 24.9 Å². The van der Waals surface area contributed by atoms with E-state index in [0.717, 1.165) is 11.1 Å². The third-order valence-electron chi connectivity index (χ3n) is 4.96. The van der Waals surface area contributed by atoms with E-state index in [1.165, 1.54) is 26.4 Å². The maximum Gasteiger partial charge on any atom is 0.360 e. The monoisotopic (exact) mass is 726 g/mol. The van der Waals surface area contributed by atoms with Crippen LogP contribution >= 0.6 is 81.2 Å². The van der Waals surface area contributed by atoms with Crippen LogP contribution in [0.15, 0.2) is 48.5 Å². The second kappa shape index (κ2) is 18.2. The summed E-state index contributed by atoms with van der Waals surface area (Å²) in [6, 6.07) is 13.2. The first-order chi connectivity index (χ1) is 20.4. The Hall–Kier alpha value is -2.67. The van der Waals surface area contributed by atoms with Crippen molar-refractivity contribution >= 4 is 98.8 Å². The van der Waals surface area contributed by atoms with Gasteiger partial charge in [0.2, 0.25) is 0 Å². The molecule has 0 atom stereocenters. The van der Waals surface area contributed by atoms with Crippen LogP contribution in [0.5, 0.6) is 0 Å². The number of esters is 2. The van der Waals surface area contributed by atoms with E-state index in [0.29, 0.717) is 38.9 Å². The minimum Gasteiger partial charge on any atom is -0.464 e. The van der Waals surface area contributed by atoms with Gasteiger partial charge in [0.25, 0.3) is 0 Å². The topological polar surface area (TPSA) is 142 Å². The summed E-state index contributed by atoms with van der Waals surface area (Å²) in [4.78, 5) is 22.5. The summed E-state index contributed by atoms with van der Waals surface area (Å²) in [6.45, 7) is 0.817. The molecule has 2 aromatic carbocycles. The maximum absolute atomic E-state index is 11.6. The van der Waals surface area contributed by atoms with Crippen molar-refractivity contribution < 1.29 is 19.1 Å². The van der Waals surface area contributed by atoms with Gasteiger partial charge >= 0.3 is 11.9 Å². The number of carbonyl (C=O) groups excluding carboxylic acids is 2. The van der Waals surface area contributed by atoms with Crippen LogP contribution in [0.4, 0.5) is 5.69 Å². The summed E-state index contributed by atoms with van der Waals surface area (Å²) in [5, 5.41) is 20.0. The van der Waals surface area contributed by atoms with Crippen molar-refractivity contribution in [3.63, 3.8) is 0 Å². The summed E-state index contributed by atoms with van der Waals surface area (Å²) in [5.41, 5.74) is 7.53. The maximum atomic E-state index is 11.6. The van der Waals surface area contributed by atoms with E-state index in [4.69, 9.17) is 86.9 Å². The van der Waals surface area contributed by atoms with Crippen LogP contribution < -0.4 is 11.1 Å². The molecule has 0 unspecified atom stereocenters. The lowest BCUT2D eigenvalue weighted by atomic mass is 10.2. The van der Waals surface area contributed by atoms with Gasteiger partial charge in [-0.15, -0.1) is 20.4 Å². The van der Waals surface area contributed by atoms with Crippen molar-refractivity contribution in [2.24, 2.45) is 5.73 Å². The highest BCUT2D eigenvalue weighted by atomic mass is 35.5. The zero-order chi connectivity index (χ0) is 32.1. The molecule has 0 spiro atoms. The summed E-state index contributed by atoms with van der Waals surface area (Å²) in [5.74, 6) is -1.24. The molecule has 0 aliphatic carbocycles. The first-order valence-electron chi connectivity index (χ1n) is 11.6. The van der Waals surface area contributed by atoms with Crippen molar-refractivity contribution in [1.29, 1.82) is 0 Å². The van der Waals surface area contributed by atoms with Crippen LogP contribution in [-0.4, -0.2) is 46.6 Å². The number of rotatable bonds is 6. The number of methoxy groups -OCH3 is 2. The second-order valence-corrected chi connectivity index (χ2v) is 10.7. The van der Waals surface area contributed by atoms with E-state index in [9.17, 15) is 9.59 Å². The molecule has 0 fully saturated rings. The molecule has 0 radical (unpaired) electrons. The van der Waals surface area contributed by atoms with Gasteiger partial charge in [-0.05, 0) is 41.5 Å². The molecule has 4 aromatic rings. The molecular formula is C26H21Cl7N6O4. The number of aromatic nitrogens is 4. The van der Waals surface area contributed by atoms with Gasteiger partial charge < -0.3 is 20.5 Å². The highest BCUT2D eigenvalue weighted by Gasteiger charge is 2.16. The number of nitrogens with two attached hydrogens (primary N) is 1. The van der Waals surface area contributed by atoms with E-state index < -0.39 is 11.9 Å². The Morgan fingerprint density at radius 1 is 0.674 bits per heavy atom. The fourth-order valence-electron chi connectivity index (χ4n) is 2.88. The highest BCUT2D eigenvalue weighted by molar-refractivity contribution is 6.36. The van der Waals surface area contributed by atoms with Crippen LogP contribution in [0.1, 0.15) is 32.1 Å². The van der Waals surface area contributed by atoms with E-state index in [1.807, 2.05) is 6.07 Å². The third kappa shape index (κ3) is 11.7. The average Bonchev–Trinajstić information content (AvgIpc) is 2.97. The quantitative estimate of drug-likeness (QED) is 0.188. The first-order valence-corrected chi connectivity index (χ1v) is 14.2. The second-order valence-electron chi connectivity index (χ2n) is 7.81. The van der Waals surface area contributed by atoms with E-state index in [-0.39, 0.29) is 26.7 Å². The molecule has 0 saturated carbocycles. The number of nitrogens with zero attached hydrogens (tertiary/aromatic N) is 4. The summed E-state index contributed by atoms with van der Waals surface area (Å²) < 4.78 is 9.03. The number of hydrogen-bond acceptors (Lipinski definition) is 10. The Kier molecular flexibility index (Phi) is 15.5. The van der Waals surface area contributed by atoms with Crippen LogP contribution in [0.2, 0.25) is 35.4 Å². The minimum absolute atomic E-state index is 0.0384. The molecule has 4 rings (SSSR count). The van der Waals surface area contributed by atoms with E-state index in [1.54, 1.807) is 30.3 Å². The number of ether oxygens (including phenoxy) is 2. The van der Waals surface area contributed by atoms with Crippen molar-refractivity contribution in [3.05, 3.63) is 106 Å². The van der Waals surface area contributed by atoms with Gasteiger partial charge in [0.15, 0.2) is 21.7 Å². The highest BCUT2D eigenvalue weighted by Crippen LogP contribution is 2.24. The normalized spacial score (nSPS) is 10.0. The van der Waals surface area contributed by atoms with Crippen LogP contribution in [-0.2, 0) is 22.6 Å². The number of benzene rings is 2.